The quantitative estimate of drug-likeness (QED) is 0.605. The molecular formula is C12H18N4O. The van der Waals surface area contributed by atoms with Crippen LogP contribution in [0.2, 0.25) is 0 Å². The van der Waals surface area contributed by atoms with Crippen molar-refractivity contribution in [3.8, 4) is 0 Å². The van der Waals surface area contributed by atoms with Crippen LogP contribution >= 0.6 is 0 Å². The number of nitrogens with two attached hydrogens (primary N) is 1. The van der Waals surface area contributed by atoms with Gasteiger partial charge in [-0.3, -0.25) is 16.0 Å². The standard InChI is InChI=1S/C12H18N4O/c1-3-11-10(8-16(2)15-11)12(14-13)7-9-5-4-6-17-9/h4-6,8,12,14H,3,7,13H2,1-2H3. The molecule has 2 heterocycles. The molecule has 92 valence electrons. The smallest absolute Gasteiger partial charge is 0.105 e. The van der Waals surface area contributed by atoms with Crippen molar-refractivity contribution in [3.05, 3.63) is 41.6 Å². The van der Waals surface area contributed by atoms with E-state index in [4.69, 9.17) is 10.3 Å². The minimum absolute atomic E-state index is 0.0322. The van der Waals surface area contributed by atoms with E-state index in [0.717, 1.165) is 29.9 Å². The molecule has 0 fully saturated rings. The average molecular weight is 234 g/mol. The predicted octanol–water partition coefficient (Wildman–Crippen LogP) is 1.32. The maximum Gasteiger partial charge on any atom is 0.105 e. The van der Waals surface area contributed by atoms with Crippen molar-refractivity contribution in [3.63, 3.8) is 0 Å². The summed E-state index contributed by atoms with van der Waals surface area (Å²) in [5, 5.41) is 4.42. The van der Waals surface area contributed by atoms with E-state index in [1.807, 2.05) is 30.1 Å². The minimum Gasteiger partial charge on any atom is -0.469 e. The van der Waals surface area contributed by atoms with Gasteiger partial charge in [0.05, 0.1) is 18.0 Å². The lowest BCUT2D eigenvalue weighted by Crippen LogP contribution is -2.29. The van der Waals surface area contributed by atoms with Gasteiger partial charge in [0.15, 0.2) is 0 Å². The first-order valence-corrected chi connectivity index (χ1v) is 5.75. The second kappa shape index (κ2) is 5.16. The van der Waals surface area contributed by atoms with Crippen LogP contribution < -0.4 is 11.3 Å². The van der Waals surface area contributed by atoms with E-state index in [0.29, 0.717) is 0 Å². The van der Waals surface area contributed by atoms with E-state index >= 15 is 0 Å². The number of hydrazine groups is 1. The summed E-state index contributed by atoms with van der Waals surface area (Å²) < 4.78 is 7.16. The highest BCUT2D eigenvalue weighted by molar-refractivity contribution is 5.23. The van der Waals surface area contributed by atoms with Gasteiger partial charge in [-0.05, 0) is 18.6 Å². The first-order chi connectivity index (χ1) is 8.24. The van der Waals surface area contributed by atoms with Gasteiger partial charge in [-0.1, -0.05) is 6.92 Å². The minimum atomic E-state index is 0.0322. The maximum absolute atomic E-state index is 5.63. The van der Waals surface area contributed by atoms with Crippen LogP contribution in [0.25, 0.3) is 0 Å². The third kappa shape index (κ3) is 2.57. The lowest BCUT2D eigenvalue weighted by atomic mass is 10.0. The number of furan rings is 1. The lowest BCUT2D eigenvalue weighted by molar-refractivity contribution is 0.453. The second-order valence-corrected chi connectivity index (χ2v) is 4.06. The van der Waals surface area contributed by atoms with Crippen molar-refractivity contribution in [1.29, 1.82) is 0 Å². The van der Waals surface area contributed by atoms with E-state index in [1.54, 1.807) is 6.26 Å². The molecule has 0 aromatic carbocycles. The zero-order chi connectivity index (χ0) is 12.3. The Labute approximate surface area is 101 Å². The van der Waals surface area contributed by atoms with E-state index in [-0.39, 0.29) is 6.04 Å². The zero-order valence-corrected chi connectivity index (χ0v) is 10.2. The van der Waals surface area contributed by atoms with E-state index in [1.165, 1.54) is 0 Å². The lowest BCUT2D eigenvalue weighted by Gasteiger charge is -2.14. The van der Waals surface area contributed by atoms with Crippen molar-refractivity contribution in [2.45, 2.75) is 25.8 Å². The summed E-state index contributed by atoms with van der Waals surface area (Å²) in [7, 11) is 1.92. The van der Waals surface area contributed by atoms with Crippen molar-refractivity contribution >= 4 is 0 Å². The number of hydrogen-bond donors (Lipinski definition) is 2. The molecule has 1 atom stereocenters. The first-order valence-electron chi connectivity index (χ1n) is 5.75. The highest BCUT2D eigenvalue weighted by atomic mass is 16.3. The summed E-state index contributed by atoms with van der Waals surface area (Å²) in [5.74, 6) is 6.54. The summed E-state index contributed by atoms with van der Waals surface area (Å²) in [6.07, 6.45) is 5.30. The third-order valence-electron chi connectivity index (χ3n) is 2.83. The van der Waals surface area contributed by atoms with Crippen LogP contribution in [0, 0.1) is 0 Å². The van der Waals surface area contributed by atoms with Crippen LogP contribution in [-0.4, -0.2) is 9.78 Å². The monoisotopic (exact) mass is 234 g/mol. The summed E-state index contributed by atoms with van der Waals surface area (Å²) >= 11 is 0. The number of nitrogens with one attached hydrogen (secondary N) is 1. The van der Waals surface area contributed by atoms with Crippen LogP contribution in [0.5, 0.6) is 0 Å². The number of rotatable bonds is 5. The Morgan fingerprint density at radius 2 is 2.41 bits per heavy atom. The molecule has 0 saturated heterocycles. The van der Waals surface area contributed by atoms with E-state index < -0.39 is 0 Å². The Morgan fingerprint density at radius 3 is 3.00 bits per heavy atom. The Bertz CT molecular complexity index is 461. The zero-order valence-electron chi connectivity index (χ0n) is 10.2. The number of hydrogen-bond acceptors (Lipinski definition) is 4. The summed E-state index contributed by atoms with van der Waals surface area (Å²) in [4.78, 5) is 0. The summed E-state index contributed by atoms with van der Waals surface area (Å²) in [6.45, 7) is 2.09. The molecule has 0 aliphatic rings. The van der Waals surface area contributed by atoms with E-state index in [9.17, 15) is 0 Å². The molecule has 2 aromatic heterocycles. The van der Waals surface area contributed by atoms with Gasteiger partial charge < -0.3 is 4.42 Å². The topological polar surface area (TPSA) is 69.0 Å². The van der Waals surface area contributed by atoms with Crippen LogP contribution in [0.4, 0.5) is 0 Å². The molecule has 0 bridgehead atoms. The molecule has 1 unspecified atom stereocenters. The van der Waals surface area contributed by atoms with Crippen molar-refractivity contribution < 1.29 is 4.42 Å². The number of aryl methyl sites for hydroxylation is 2. The molecule has 0 spiro atoms. The van der Waals surface area contributed by atoms with Crippen LogP contribution in [0.15, 0.2) is 29.0 Å². The third-order valence-corrected chi connectivity index (χ3v) is 2.83. The molecule has 0 saturated carbocycles. The van der Waals surface area contributed by atoms with Gasteiger partial charge in [0.25, 0.3) is 0 Å². The Balaban J connectivity index is 2.22. The molecule has 0 aliphatic heterocycles. The number of nitrogens with zero attached hydrogens (tertiary/aromatic N) is 2. The second-order valence-electron chi connectivity index (χ2n) is 4.06. The van der Waals surface area contributed by atoms with Crippen molar-refractivity contribution in [2.24, 2.45) is 12.9 Å². The van der Waals surface area contributed by atoms with Gasteiger partial charge >= 0.3 is 0 Å². The average Bonchev–Trinajstić information content (AvgIpc) is 2.94. The molecule has 5 heteroatoms. The van der Waals surface area contributed by atoms with Gasteiger partial charge in [-0.15, -0.1) is 0 Å². The Kier molecular flexibility index (Phi) is 3.61. The van der Waals surface area contributed by atoms with Gasteiger partial charge in [0, 0.05) is 25.2 Å². The predicted molar refractivity (Wildman–Crippen MR) is 65.1 cm³/mol. The SMILES string of the molecule is CCc1nn(C)cc1C(Cc1ccco1)NN. The van der Waals surface area contributed by atoms with Gasteiger partial charge in [-0.2, -0.15) is 5.10 Å². The summed E-state index contributed by atoms with van der Waals surface area (Å²) in [5.41, 5.74) is 5.04. The fraction of sp³-hybridized carbons (Fsp3) is 0.417. The van der Waals surface area contributed by atoms with Gasteiger partial charge in [0.2, 0.25) is 0 Å². The van der Waals surface area contributed by atoms with Crippen molar-refractivity contribution in [2.75, 3.05) is 0 Å². The van der Waals surface area contributed by atoms with Gasteiger partial charge in [-0.25, -0.2) is 0 Å². The van der Waals surface area contributed by atoms with E-state index in [2.05, 4.69) is 17.4 Å². The first kappa shape index (κ1) is 11.9. The highest BCUT2D eigenvalue weighted by Gasteiger charge is 2.18. The maximum atomic E-state index is 5.63. The molecule has 2 rings (SSSR count). The summed E-state index contributed by atoms with van der Waals surface area (Å²) in [6, 6.07) is 3.86. The molecule has 0 aliphatic carbocycles. The normalized spacial score (nSPS) is 12.9. The Morgan fingerprint density at radius 1 is 1.59 bits per heavy atom. The van der Waals surface area contributed by atoms with Gasteiger partial charge in [0.1, 0.15) is 5.76 Å². The van der Waals surface area contributed by atoms with Crippen LogP contribution in [0.1, 0.15) is 30.0 Å². The molecule has 0 radical (unpaired) electrons. The molecule has 2 aromatic rings. The fourth-order valence-electron chi connectivity index (χ4n) is 2.01. The van der Waals surface area contributed by atoms with Crippen LogP contribution in [-0.2, 0) is 19.9 Å². The molecule has 0 amide bonds. The molecule has 17 heavy (non-hydrogen) atoms. The molecular weight excluding hydrogens is 216 g/mol. The number of aromatic nitrogens is 2. The highest BCUT2D eigenvalue weighted by Crippen LogP contribution is 2.21. The Hall–Kier alpha value is -1.59. The van der Waals surface area contributed by atoms with Crippen LogP contribution in [0.3, 0.4) is 0 Å². The molecule has 5 nitrogen and oxygen atoms in total. The van der Waals surface area contributed by atoms with Crippen molar-refractivity contribution in [1.82, 2.24) is 15.2 Å². The molecule has 3 N–H and O–H groups in total. The largest absolute Gasteiger partial charge is 0.469 e. The fourth-order valence-corrected chi connectivity index (χ4v) is 2.01.